The fraction of sp³-hybridized carbons (Fsp3) is 0.280. The van der Waals surface area contributed by atoms with Crippen molar-refractivity contribution in [2.45, 2.75) is 12.5 Å². The summed E-state index contributed by atoms with van der Waals surface area (Å²) in [5, 5.41) is 0.801. The van der Waals surface area contributed by atoms with Crippen LogP contribution in [0.1, 0.15) is 17.2 Å². The molecule has 166 valence electrons. The van der Waals surface area contributed by atoms with Crippen molar-refractivity contribution < 1.29 is 4.74 Å². The quantitative estimate of drug-likeness (QED) is 0.413. The van der Waals surface area contributed by atoms with Gasteiger partial charge in [0.15, 0.2) is 0 Å². The topological polar surface area (TPSA) is 15.7 Å². The van der Waals surface area contributed by atoms with Crippen molar-refractivity contribution in [3.8, 4) is 5.75 Å². The Labute approximate surface area is 202 Å². The van der Waals surface area contributed by atoms with E-state index in [1.807, 2.05) is 24.3 Å². The van der Waals surface area contributed by atoms with Gasteiger partial charge in [0.2, 0.25) is 0 Å². The Morgan fingerprint density at radius 3 is 2.19 bits per heavy atom. The van der Waals surface area contributed by atoms with E-state index in [2.05, 4.69) is 64.4 Å². The zero-order chi connectivity index (χ0) is 20.1. The highest BCUT2D eigenvalue weighted by Crippen LogP contribution is 2.31. The lowest BCUT2D eigenvalue weighted by molar-refractivity contribution is 0.184. The van der Waals surface area contributed by atoms with Crippen LogP contribution in [0.3, 0.4) is 0 Å². The molecule has 1 unspecified atom stereocenters. The zero-order valence-electron chi connectivity index (χ0n) is 17.6. The maximum Gasteiger partial charge on any atom is 0.142 e. The second-order valence-electron chi connectivity index (χ2n) is 7.46. The van der Waals surface area contributed by atoms with Gasteiger partial charge in [0.25, 0.3) is 0 Å². The van der Waals surface area contributed by atoms with E-state index in [9.17, 15) is 0 Å². The molecule has 0 N–H and O–H groups in total. The monoisotopic (exact) mass is 478 g/mol. The van der Waals surface area contributed by atoms with Crippen LogP contribution < -0.4 is 9.64 Å². The highest BCUT2D eigenvalue weighted by Gasteiger charge is 2.26. The molecule has 0 amide bonds. The molecule has 0 bridgehead atoms. The van der Waals surface area contributed by atoms with Crippen LogP contribution >= 0.6 is 36.4 Å². The third kappa shape index (κ3) is 6.30. The average Bonchev–Trinajstić information content (AvgIpc) is 2.78. The number of piperazine rings is 1. The van der Waals surface area contributed by atoms with Crippen molar-refractivity contribution in [1.82, 2.24) is 4.90 Å². The summed E-state index contributed by atoms with van der Waals surface area (Å²) < 4.78 is 5.56. The van der Waals surface area contributed by atoms with Gasteiger partial charge in [-0.3, -0.25) is 4.90 Å². The molecule has 1 aliphatic heterocycles. The average molecular weight is 480 g/mol. The molecular formula is C25H29Cl3N2O. The largest absolute Gasteiger partial charge is 0.495 e. The van der Waals surface area contributed by atoms with Crippen LogP contribution in [0, 0.1) is 0 Å². The summed E-state index contributed by atoms with van der Waals surface area (Å²) in [7, 11) is 1.74. The molecule has 0 aromatic heterocycles. The van der Waals surface area contributed by atoms with Crippen molar-refractivity contribution in [2.75, 3.05) is 38.2 Å². The first-order valence-corrected chi connectivity index (χ1v) is 10.5. The number of rotatable bonds is 6. The van der Waals surface area contributed by atoms with Crippen LogP contribution in [-0.2, 0) is 6.42 Å². The Morgan fingerprint density at radius 2 is 1.52 bits per heavy atom. The van der Waals surface area contributed by atoms with Gasteiger partial charge in [-0.1, -0.05) is 66.2 Å². The van der Waals surface area contributed by atoms with Crippen molar-refractivity contribution in [3.63, 3.8) is 0 Å². The first-order valence-electron chi connectivity index (χ1n) is 10.2. The molecular weight excluding hydrogens is 451 g/mol. The molecule has 6 heteroatoms. The molecule has 0 spiro atoms. The Bertz CT molecular complexity index is 931. The first-order chi connectivity index (χ1) is 14.2. The van der Waals surface area contributed by atoms with Crippen LogP contribution in [-0.4, -0.2) is 38.2 Å². The summed E-state index contributed by atoms with van der Waals surface area (Å²) in [5.41, 5.74) is 3.82. The van der Waals surface area contributed by atoms with Crippen LogP contribution in [0.4, 0.5) is 5.69 Å². The Balaban J connectivity index is 0.00000171. The van der Waals surface area contributed by atoms with Gasteiger partial charge < -0.3 is 9.64 Å². The van der Waals surface area contributed by atoms with Crippen molar-refractivity contribution >= 4 is 42.1 Å². The molecule has 3 nitrogen and oxygen atoms in total. The fourth-order valence-corrected chi connectivity index (χ4v) is 4.40. The van der Waals surface area contributed by atoms with E-state index in [4.69, 9.17) is 16.3 Å². The summed E-state index contributed by atoms with van der Waals surface area (Å²) in [6.07, 6.45) is 0.958. The van der Waals surface area contributed by atoms with Gasteiger partial charge in [-0.15, -0.1) is 24.8 Å². The lowest BCUT2D eigenvalue weighted by Crippen LogP contribution is -2.48. The molecule has 1 atom stereocenters. The predicted octanol–water partition coefficient (Wildman–Crippen LogP) is 6.30. The predicted molar refractivity (Wildman–Crippen MR) is 136 cm³/mol. The summed E-state index contributed by atoms with van der Waals surface area (Å²) in [5.74, 6) is 0.944. The van der Waals surface area contributed by atoms with Crippen LogP contribution in [0.5, 0.6) is 5.75 Å². The van der Waals surface area contributed by atoms with Gasteiger partial charge in [-0.05, 0) is 41.8 Å². The van der Waals surface area contributed by atoms with E-state index < -0.39 is 0 Å². The Kier molecular flexibility index (Phi) is 9.98. The molecule has 3 aromatic carbocycles. The van der Waals surface area contributed by atoms with E-state index in [0.717, 1.165) is 43.4 Å². The van der Waals surface area contributed by atoms with Crippen molar-refractivity contribution in [2.24, 2.45) is 0 Å². The molecule has 1 heterocycles. The molecule has 0 saturated carbocycles. The van der Waals surface area contributed by atoms with Crippen LogP contribution in [0.15, 0.2) is 78.9 Å². The zero-order valence-corrected chi connectivity index (χ0v) is 20.0. The standard InChI is InChI=1S/C25H27ClN2O.2ClH/c1-29-25-13-6-5-12-23(25)27-14-16-28(17-15-27)24(21-9-3-2-4-10-21)19-20-8-7-11-22(26)18-20;;/h2-13,18,24H,14-17,19H2,1H3;2*1H. The number of ether oxygens (including phenoxy) is 1. The number of methoxy groups -OCH3 is 1. The van der Waals surface area contributed by atoms with E-state index >= 15 is 0 Å². The fourth-order valence-electron chi connectivity index (χ4n) is 4.19. The van der Waals surface area contributed by atoms with Crippen molar-refractivity contribution in [3.05, 3.63) is 95.0 Å². The Hall–Kier alpha value is -1.91. The Morgan fingerprint density at radius 1 is 0.839 bits per heavy atom. The third-order valence-corrected chi connectivity index (χ3v) is 5.92. The molecule has 1 saturated heterocycles. The number of para-hydroxylation sites is 2. The number of hydrogen-bond acceptors (Lipinski definition) is 3. The third-order valence-electron chi connectivity index (χ3n) is 5.68. The summed E-state index contributed by atoms with van der Waals surface area (Å²) in [6, 6.07) is 27.7. The minimum atomic E-state index is 0. The lowest BCUT2D eigenvalue weighted by Gasteiger charge is -2.41. The van der Waals surface area contributed by atoms with Crippen molar-refractivity contribution in [1.29, 1.82) is 0 Å². The number of anilines is 1. The number of halogens is 3. The van der Waals surface area contributed by atoms with Gasteiger partial charge in [0.1, 0.15) is 5.75 Å². The normalized spacial score (nSPS) is 14.8. The molecule has 4 rings (SSSR count). The smallest absolute Gasteiger partial charge is 0.142 e. The first kappa shape index (κ1) is 25.4. The molecule has 31 heavy (non-hydrogen) atoms. The maximum atomic E-state index is 6.24. The summed E-state index contributed by atoms with van der Waals surface area (Å²) in [6.45, 7) is 3.99. The molecule has 1 aliphatic rings. The number of nitrogens with zero attached hydrogens (tertiary/aromatic N) is 2. The molecule has 1 fully saturated rings. The molecule has 3 aromatic rings. The lowest BCUT2D eigenvalue weighted by atomic mass is 9.96. The van der Waals surface area contributed by atoms with E-state index in [0.29, 0.717) is 6.04 Å². The second-order valence-corrected chi connectivity index (χ2v) is 7.89. The second kappa shape index (κ2) is 12.2. The summed E-state index contributed by atoms with van der Waals surface area (Å²) >= 11 is 6.24. The number of hydrogen-bond donors (Lipinski definition) is 0. The summed E-state index contributed by atoms with van der Waals surface area (Å²) in [4.78, 5) is 5.03. The molecule has 0 aliphatic carbocycles. The van der Waals surface area contributed by atoms with Crippen LogP contribution in [0.25, 0.3) is 0 Å². The SMILES string of the molecule is COc1ccccc1N1CCN(C(Cc2cccc(Cl)c2)c2ccccc2)CC1.Cl.Cl. The maximum absolute atomic E-state index is 6.24. The highest BCUT2D eigenvalue weighted by molar-refractivity contribution is 6.30. The van der Waals surface area contributed by atoms with E-state index in [1.54, 1.807) is 7.11 Å². The number of benzene rings is 3. The minimum absolute atomic E-state index is 0. The van der Waals surface area contributed by atoms with Gasteiger partial charge in [-0.2, -0.15) is 0 Å². The van der Waals surface area contributed by atoms with E-state index in [-0.39, 0.29) is 24.8 Å². The van der Waals surface area contributed by atoms with Gasteiger partial charge in [0.05, 0.1) is 12.8 Å². The highest BCUT2D eigenvalue weighted by atomic mass is 35.5. The van der Waals surface area contributed by atoms with E-state index in [1.165, 1.54) is 16.8 Å². The van der Waals surface area contributed by atoms with Gasteiger partial charge in [-0.25, -0.2) is 0 Å². The molecule has 0 radical (unpaired) electrons. The van der Waals surface area contributed by atoms with Crippen LogP contribution in [0.2, 0.25) is 5.02 Å². The van der Waals surface area contributed by atoms with Gasteiger partial charge >= 0.3 is 0 Å². The van der Waals surface area contributed by atoms with Gasteiger partial charge in [0, 0.05) is 37.2 Å². The minimum Gasteiger partial charge on any atom is -0.495 e.